The third kappa shape index (κ3) is 4.69. The number of anilines is 2. The second kappa shape index (κ2) is 8.73. The summed E-state index contributed by atoms with van der Waals surface area (Å²) < 4.78 is 35.7. The van der Waals surface area contributed by atoms with Crippen LogP contribution in [0.5, 0.6) is 11.5 Å². The maximum absolute atomic E-state index is 13.4. The summed E-state index contributed by atoms with van der Waals surface area (Å²) in [7, 11) is 1.52. The van der Waals surface area contributed by atoms with Crippen LogP contribution in [0.1, 0.15) is 32.0 Å². The summed E-state index contributed by atoms with van der Waals surface area (Å²) in [5.74, 6) is -0.944. The van der Waals surface area contributed by atoms with Crippen molar-refractivity contribution in [3.05, 3.63) is 77.1 Å². The Morgan fingerprint density at radius 3 is 2.61 bits per heavy atom. The summed E-state index contributed by atoms with van der Waals surface area (Å²) in [6.07, 6.45) is -2.21. The van der Waals surface area contributed by atoms with E-state index in [-0.39, 0.29) is 23.1 Å². The Morgan fingerprint density at radius 2 is 1.82 bits per heavy atom. The molecule has 33 heavy (non-hydrogen) atoms. The molecule has 3 N–H and O–H groups in total. The predicted molar refractivity (Wildman–Crippen MR) is 117 cm³/mol. The molecule has 0 unspecified atom stereocenters. The molecule has 0 radical (unpaired) electrons. The highest BCUT2D eigenvalue weighted by Gasteiger charge is 2.44. The van der Waals surface area contributed by atoms with Gasteiger partial charge < -0.3 is 25.4 Å². The van der Waals surface area contributed by atoms with Crippen molar-refractivity contribution in [3.63, 3.8) is 0 Å². The highest BCUT2D eigenvalue weighted by Crippen LogP contribution is 2.45. The maximum atomic E-state index is 13.4. The lowest BCUT2D eigenvalue weighted by molar-refractivity contribution is -0.286. The summed E-state index contributed by atoms with van der Waals surface area (Å²) in [6, 6.07) is 13.1. The molecule has 1 aromatic heterocycles. The zero-order valence-corrected chi connectivity index (χ0v) is 17.7. The van der Waals surface area contributed by atoms with Crippen molar-refractivity contribution >= 4 is 23.2 Å². The largest absolute Gasteiger partial charge is 0.586 e. The Kier molecular flexibility index (Phi) is 5.82. The van der Waals surface area contributed by atoms with E-state index in [1.165, 1.54) is 25.4 Å². The summed E-state index contributed by atoms with van der Waals surface area (Å²) >= 11 is 0. The van der Waals surface area contributed by atoms with Crippen LogP contribution in [0.3, 0.4) is 0 Å². The first-order valence-corrected chi connectivity index (χ1v) is 9.98. The van der Waals surface area contributed by atoms with Crippen LogP contribution in [-0.2, 0) is 6.54 Å². The van der Waals surface area contributed by atoms with Crippen molar-refractivity contribution in [2.24, 2.45) is 0 Å². The van der Waals surface area contributed by atoms with E-state index in [4.69, 9.17) is 0 Å². The number of hydrogen-bond donors (Lipinski definition) is 3. The van der Waals surface area contributed by atoms with Crippen molar-refractivity contribution in [2.75, 3.05) is 17.7 Å². The van der Waals surface area contributed by atoms with Gasteiger partial charge in [-0.3, -0.25) is 14.6 Å². The minimum absolute atomic E-state index is 0.0916. The first kappa shape index (κ1) is 22.0. The Hall–Kier alpha value is -4.21. The molecule has 3 aromatic rings. The lowest BCUT2D eigenvalue weighted by Gasteiger charge is -2.14. The first-order chi connectivity index (χ1) is 15.8. The van der Waals surface area contributed by atoms with E-state index < -0.39 is 12.2 Å². The van der Waals surface area contributed by atoms with E-state index >= 15 is 0 Å². The van der Waals surface area contributed by atoms with Gasteiger partial charge in [0.25, 0.3) is 11.8 Å². The van der Waals surface area contributed by atoms with Gasteiger partial charge in [0.1, 0.15) is 5.69 Å². The monoisotopic (exact) mass is 454 g/mol. The van der Waals surface area contributed by atoms with Gasteiger partial charge in [-0.05, 0) is 48.9 Å². The summed E-state index contributed by atoms with van der Waals surface area (Å²) in [5.41, 5.74) is 2.62. The number of nitrogens with zero attached hydrogens (tertiary/aromatic N) is 1. The van der Waals surface area contributed by atoms with Crippen molar-refractivity contribution in [1.29, 1.82) is 0 Å². The molecule has 0 spiro atoms. The third-order valence-electron chi connectivity index (χ3n) is 5.01. The number of para-hydroxylation sites is 1. The number of hydrogen-bond acceptors (Lipinski definition) is 6. The van der Waals surface area contributed by atoms with E-state index in [1.807, 2.05) is 0 Å². The number of carbonyl (C=O) groups is 2. The molecule has 0 saturated heterocycles. The second-order valence-corrected chi connectivity index (χ2v) is 7.21. The van der Waals surface area contributed by atoms with Crippen LogP contribution in [0.15, 0.2) is 54.7 Å². The van der Waals surface area contributed by atoms with E-state index in [9.17, 15) is 18.4 Å². The summed E-state index contributed by atoms with van der Waals surface area (Å²) in [5, 5.41) is 8.44. The summed E-state index contributed by atoms with van der Waals surface area (Å²) in [6.45, 7) is 1.89. The van der Waals surface area contributed by atoms with Gasteiger partial charge in [-0.15, -0.1) is 8.78 Å². The fourth-order valence-corrected chi connectivity index (χ4v) is 3.34. The van der Waals surface area contributed by atoms with Crippen molar-refractivity contribution in [1.82, 2.24) is 10.3 Å². The molecule has 0 saturated carbocycles. The van der Waals surface area contributed by atoms with E-state index in [1.54, 1.807) is 43.3 Å². The van der Waals surface area contributed by atoms with Crippen molar-refractivity contribution in [2.45, 2.75) is 19.8 Å². The molecule has 170 valence electrons. The number of nitrogens with one attached hydrogen (secondary N) is 3. The third-order valence-corrected chi connectivity index (χ3v) is 5.01. The fraction of sp³-hybridized carbons (Fsp3) is 0.174. The van der Waals surface area contributed by atoms with Gasteiger partial charge in [0, 0.05) is 36.7 Å². The van der Waals surface area contributed by atoms with Crippen LogP contribution < -0.4 is 25.4 Å². The molecule has 2 heterocycles. The van der Waals surface area contributed by atoms with Crippen LogP contribution in [0, 0.1) is 6.92 Å². The van der Waals surface area contributed by atoms with Gasteiger partial charge in [0.15, 0.2) is 11.5 Å². The minimum Gasteiger partial charge on any atom is -0.395 e. The Balaban J connectivity index is 1.50. The zero-order valence-electron chi connectivity index (χ0n) is 17.7. The van der Waals surface area contributed by atoms with Crippen LogP contribution in [0.4, 0.5) is 20.2 Å². The number of halogens is 2. The molecule has 2 amide bonds. The van der Waals surface area contributed by atoms with E-state index in [2.05, 4.69) is 30.4 Å². The Bertz CT molecular complexity index is 1230. The van der Waals surface area contributed by atoms with Gasteiger partial charge in [0.2, 0.25) is 0 Å². The number of alkyl halides is 2. The number of pyridine rings is 1. The molecule has 10 heteroatoms. The smallest absolute Gasteiger partial charge is 0.395 e. The second-order valence-electron chi connectivity index (χ2n) is 7.21. The molecular formula is C23H20F2N4O4. The highest BCUT2D eigenvalue weighted by molar-refractivity contribution is 6.08. The van der Waals surface area contributed by atoms with E-state index in [0.29, 0.717) is 29.0 Å². The van der Waals surface area contributed by atoms with Gasteiger partial charge in [-0.25, -0.2) is 0 Å². The van der Waals surface area contributed by atoms with Crippen LogP contribution >= 0.6 is 0 Å². The van der Waals surface area contributed by atoms with Crippen molar-refractivity contribution < 1.29 is 27.8 Å². The van der Waals surface area contributed by atoms with Gasteiger partial charge in [-0.2, -0.15) is 0 Å². The number of rotatable bonds is 6. The molecular weight excluding hydrogens is 434 g/mol. The molecule has 1 aliphatic rings. The predicted octanol–water partition coefficient (Wildman–Crippen LogP) is 3.94. The van der Waals surface area contributed by atoms with Crippen LogP contribution in [-0.4, -0.2) is 30.1 Å². The standard InChI is InChI=1S/C23H20F2N4O4/c1-13-16(7-8-19-20(13)33-23(24,25)32-19)29-21(30)15-5-3-4-6-17(15)28-12-14-9-10-27-18(11-14)22(31)26-2/h3-11,28H,12H2,1-2H3,(H,26,31)(H,29,30). The quantitative estimate of drug-likeness (QED) is 0.522. The molecule has 0 aliphatic carbocycles. The summed E-state index contributed by atoms with van der Waals surface area (Å²) in [4.78, 5) is 28.8. The van der Waals surface area contributed by atoms with Crippen LogP contribution in [0.25, 0.3) is 0 Å². The van der Waals surface area contributed by atoms with Crippen molar-refractivity contribution in [3.8, 4) is 11.5 Å². The highest BCUT2D eigenvalue weighted by atomic mass is 19.3. The van der Waals surface area contributed by atoms with Gasteiger partial charge in [0.05, 0.1) is 5.56 Å². The lowest BCUT2D eigenvalue weighted by Crippen LogP contribution is -2.26. The number of ether oxygens (including phenoxy) is 2. The van der Waals surface area contributed by atoms with Gasteiger partial charge in [-0.1, -0.05) is 12.1 Å². The number of carbonyl (C=O) groups excluding carboxylic acids is 2. The molecule has 0 fully saturated rings. The Morgan fingerprint density at radius 1 is 1.03 bits per heavy atom. The molecule has 0 bridgehead atoms. The molecule has 8 nitrogen and oxygen atoms in total. The average Bonchev–Trinajstić information content (AvgIpc) is 3.14. The molecule has 1 aliphatic heterocycles. The topological polar surface area (TPSA) is 102 Å². The molecule has 0 atom stereocenters. The number of amides is 2. The number of aromatic nitrogens is 1. The Labute approximate surface area is 187 Å². The van der Waals surface area contributed by atoms with Crippen LogP contribution in [0.2, 0.25) is 0 Å². The van der Waals surface area contributed by atoms with Gasteiger partial charge >= 0.3 is 6.29 Å². The number of benzene rings is 2. The molecule has 4 rings (SSSR count). The lowest BCUT2D eigenvalue weighted by atomic mass is 10.1. The average molecular weight is 454 g/mol. The normalized spacial score (nSPS) is 13.3. The fourth-order valence-electron chi connectivity index (χ4n) is 3.34. The van der Waals surface area contributed by atoms with E-state index in [0.717, 1.165) is 5.56 Å². The maximum Gasteiger partial charge on any atom is 0.586 e. The first-order valence-electron chi connectivity index (χ1n) is 9.98. The number of fused-ring (bicyclic) bond motifs is 1. The SMILES string of the molecule is CNC(=O)c1cc(CNc2ccccc2C(=O)Nc2ccc3c(c2C)OC(F)(F)O3)ccn1. The zero-order chi connectivity index (χ0) is 23.6. The minimum atomic E-state index is -3.74. The molecule has 2 aromatic carbocycles.